The fourth-order valence-corrected chi connectivity index (χ4v) is 5.68. The van der Waals surface area contributed by atoms with E-state index in [0.717, 1.165) is 31.9 Å². The van der Waals surface area contributed by atoms with Crippen LogP contribution >= 0.6 is 27.5 Å². The molecule has 1 saturated heterocycles. The Balaban J connectivity index is 1.38. The van der Waals surface area contributed by atoms with Gasteiger partial charge in [-0.2, -0.15) is 0 Å². The van der Waals surface area contributed by atoms with E-state index in [-0.39, 0.29) is 5.56 Å². The first-order valence-electron chi connectivity index (χ1n) is 11.9. The lowest BCUT2D eigenvalue weighted by Crippen LogP contribution is -2.44. The van der Waals surface area contributed by atoms with E-state index in [2.05, 4.69) is 72.1 Å². The number of anilines is 3. The number of aromatic nitrogens is 5. The molecular formula is C26H24BrClN8O. The van der Waals surface area contributed by atoms with E-state index < -0.39 is 0 Å². The molecule has 1 aliphatic rings. The standard InChI is InChI=1S/C26H24BrClN8O/c1-16-14-17(6-7-21(16)34-12-10-33(2)11-13-34)31-26-30-15-18-22(32-26)24-29-8-9-35(24)36(25(18)37)23-19(27)4-3-5-20(23)28/h3-9,14-15H,10-13H2,1-2H3,(H,30,31,32). The second-order valence-electron chi connectivity index (χ2n) is 9.16. The van der Waals surface area contributed by atoms with E-state index in [0.29, 0.717) is 37.7 Å². The van der Waals surface area contributed by atoms with Crippen LogP contribution in [0.3, 0.4) is 0 Å². The molecule has 188 valence electrons. The number of likely N-dealkylation sites (N-methyl/N-ethyl adjacent to an activating group) is 1. The summed E-state index contributed by atoms with van der Waals surface area (Å²) in [7, 11) is 2.16. The van der Waals surface area contributed by atoms with Gasteiger partial charge in [-0.15, -0.1) is 0 Å². The predicted octanol–water partition coefficient (Wildman–Crippen LogP) is 4.65. The Kier molecular flexibility index (Phi) is 6.10. The van der Waals surface area contributed by atoms with Gasteiger partial charge in [-0.3, -0.25) is 4.79 Å². The van der Waals surface area contributed by atoms with Crippen LogP contribution in [0.15, 0.2) is 64.3 Å². The maximum atomic E-state index is 13.6. The molecular weight excluding hydrogens is 556 g/mol. The smallest absolute Gasteiger partial charge is 0.281 e. The van der Waals surface area contributed by atoms with Gasteiger partial charge in [-0.1, -0.05) is 17.7 Å². The molecule has 0 saturated carbocycles. The summed E-state index contributed by atoms with van der Waals surface area (Å²) in [4.78, 5) is 32.0. The van der Waals surface area contributed by atoms with Crippen molar-refractivity contribution in [3.05, 3.63) is 80.4 Å². The van der Waals surface area contributed by atoms with E-state index in [1.165, 1.54) is 22.1 Å². The monoisotopic (exact) mass is 578 g/mol. The zero-order valence-corrected chi connectivity index (χ0v) is 22.7. The summed E-state index contributed by atoms with van der Waals surface area (Å²) in [6.07, 6.45) is 4.88. The first-order chi connectivity index (χ1) is 17.9. The topological polar surface area (TPSA) is 83.6 Å². The average Bonchev–Trinajstić information content (AvgIpc) is 3.36. The second kappa shape index (κ2) is 9.44. The summed E-state index contributed by atoms with van der Waals surface area (Å²) >= 11 is 10.00. The van der Waals surface area contributed by atoms with Gasteiger partial charge in [0, 0.05) is 60.6 Å². The quantitative estimate of drug-likeness (QED) is 0.332. The van der Waals surface area contributed by atoms with Crippen LogP contribution in [0.1, 0.15) is 5.56 Å². The molecule has 5 aromatic rings. The van der Waals surface area contributed by atoms with Crippen LogP contribution in [0, 0.1) is 6.92 Å². The molecule has 37 heavy (non-hydrogen) atoms. The van der Waals surface area contributed by atoms with Crippen molar-refractivity contribution < 1.29 is 0 Å². The Morgan fingerprint density at radius 3 is 2.65 bits per heavy atom. The van der Waals surface area contributed by atoms with Crippen LogP contribution in [0.5, 0.6) is 0 Å². The molecule has 4 heterocycles. The molecule has 1 fully saturated rings. The highest BCUT2D eigenvalue weighted by Gasteiger charge is 2.19. The lowest BCUT2D eigenvalue weighted by atomic mass is 10.1. The number of halogens is 2. The molecule has 0 radical (unpaired) electrons. The van der Waals surface area contributed by atoms with Crippen LogP contribution in [-0.2, 0) is 0 Å². The van der Waals surface area contributed by atoms with Crippen LogP contribution in [-0.4, -0.2) is 62.3 Å². The first-order valence-corrected chi connectivity index (χ1v) is 13.1. The van der Waals surface area contributed by atoms with Gasteiger partial charge in [0.25, 0.3) is 5.56 Å². The van der Waals surface area contributed by atoms with E-state index in [4.69, 9.17) is 11.6 Å². The highest BCUT2D eigenvalue weighted by molar-refractivity contribution is 9.10. The Morgan fingerprint density at radius 1 is 1.08 bits per heavy atom. The van der Waals surface area contributed by atoms with Crippen LogP contribution < -0.4 is 15.8 Å². The highest BCUT2D eigenvalue weighted by Crippen LogP contribution is 2.29. The lowest BCUT2D eigenvalue weighted by molar-refractivity contribution is 0.312. The number of hydrogen-bond acceptors (Lipinski definition) is 7. The fraction of sp³-hybridized carbons (Fsp3) is 0.231. The Bertz CT molecular complexity index is 1690. The molecule has 1 N–H and O–H groups in total. The van der Waals surface area contributed by atoms with Crippen molar-refractivity contribution in [3.63, 3.8) is 0 Å². The van der Waals surface area contributed by atoms with Gasteiger partial charge in [0.15, 0.2) is 5.65 Å². The molecule has 0 unspecified atom stereocenters. The second-order valence-corrected chi connectivity index (χ2v) is 10.4. The van der Waals surface area contributed by atoms with Gasteiger partial charge in [0.2, 0.25) is 5.95 Å². The maximum Gasteiger partial charge on any atom is 0.281 e. The lowest BCUT2D eigenvalue weighted by Gasteiger charge is -2.35. The summed E-state index contributed by atoms with van der Waals surface area (Å²) in [5, 5.41) is 4.07. The maximum absolute atomic E-state index is 13.6. The fourth-order valence-electron chi connectivity index (χ4n) is 4.77. The Morgan fingerprint density at radius 2 is 1.89 bits per heavy atom. The third-order valence-electron chi connectivity index (χ3n) is 6.71. The van der Waals surface area contributed by atoms with Crippen molar-refractivity contribution in [2.24, 2.45) is 0 Å². The normalized spacial score (nSPS) is 14.5. The first kappa shape index (κ1) is 23.9. The largest absolute Gasteiger partial charge is 0.369 e. The number of hydrogen-bond donors (Lipinski definition) is 1. The molecule has 0 amide bonds. The summed E-state index contributed by atoms with van der Waals surface area (Å²) in [6, 6.07) is 11.7. The summed E-state index contributed by atoms with van der Waals surface area (Å²) in [5.41, 5.74) is 4.50. The Hall–Kier alpha value is -3.47. The van der Waals surface area contributed by atoms with Crippen LogP contribution in [0.2, 0.25) is 5.02 Å². The molecule has 9 nitrogen and oxygen atoms in total. The van der Waals surface area contributed by atoms with Gasteiger partial charge in [-0.05, 0) is 65.8 Å². The molecule has 3 aromatic heterocycles. The number of piperazine rings is 1. The number of nitrogens with one attached hydrogen (secondary N) is 1. The molecule has 0 atom stereocenters. The van der Waals surface area contributed by atoms with Gasteiger partial charge in [0.05, 0.1) is 16.1 Å². The molecule has 11 heteroatoms. The minimum absolute atomic E-state index is 0.298. The molecule has 2 aromatic carbocycles. The molecule has 1 aliphatic heterocycles. The molecule has 0 bridgehead atoms. The van der Waals surface area contributed by atoms with Gasteiger partial charge in [-0.25, -0.2) is 24.1 Å². The molecule has 0 aliphatic carbocycles. The third-order valence-corrected chi connectivity index (χ3v) is 7.65. The molecule has 0 spiro atoms. The van der Waals surface area contributed by atoms with Crippen LogP contribution in [0.4, 0.5) is 17.3 Å². The number of benzene rings is 2. The number of nitrogens with zero attached hydrogens (tertiary/aromatic N) is 7. The van der Waals surface area contributed by atoms with Crippen molar-refractivity contribution in [2.45, 2.75) is 6.92 Å². The minimum atomic E-state index is -0.298. The van der Waals surface area contributed by atoms with Crippen molar-refractivity contribution in [2.75, 3.05) is 43.4 Å². The average molecular weight is 580 g/mol. The highest BCUT2D eigenvalue weighted by atomic mass is 79.9. The van der Waals surface area contributed by atoms with Gasteiger partial charge >= 0.3 is 0 Å². The number of rotatable bonds is 4. The SMILES string of the molecule is Cc1cc(Nc2ncc3c(=O)n(-c4c(Cl)cccc4Br)n4ccnc4c3n2)ccc1N1CCN(C)CC1. The van der Waals surface area contributed by atoms with Crippen LogP contribution in [0.25, 0.3) is 22.2 Å². The van der Waals surface area contributed by atoms with Gasteiger partial charge in [0.1, 0.15) is 5.52 Å². The Labute approximate surface area is 226 Å². The van der Waals surface area contributed by atoms with Gasteiger partial charge < -0.3 is 15.1 Å². The van der Waals surface area contributed by atoms with Crippen molar-refractivity contribution in [3.8, 4) is 5.69 Å². The summed E-state index contributed by atoms with van der Waals surface area (Å²) in [6.45, 7) is 6.26. The number of para-hydroxylation sites is 1. The number of imidazole rings is 1. The zero-order valence-electron chi connectivity index (χ0n) is 20.3. The van der Waals surface area contributed by atoms with E-state index in [9.17, 15) is 4.79 Å². The minimum Gasteiger partial charge on any atom is -0.369 e. The number of aryl methyl sites for hydroxylation is 1. The van der Waals surface area contributed by atoms with Crippen molar-refractivity contribution in [1.29, 1.82) is 0 Å². The number of fused-ring (bicyclic) bond motifs is 3. The van der Waals surface area contributed by atoms with E-state index in [1.807, 2.05) is 18.2 Å². The summed E-state index contributed by atoms with van der Waals surface area (Å²) in [5.74, 6) is 0.389. The summed E-state index contributed by atoms with van der Waals surface area (Å²) < 4.78 is 3.82. The zero-order chi connectivity index (χ0) is 25.7. The predicted molar refractivity (Wildman–Crippen MR) is 151 cm³/mol. The molecule has 6 rings (SSSR count). The van der Waals surface area contributed by atoms with E-state index >= 15 is 0 Å². The van der Waals surface area contributed by atoms with E-state index in [1.54, 1.807) is 23.0 Å². The van der Waals surface area contributed by atoms with Crippen molar-refractivity contribution >= 4 is 61.4 Å². The van der Waals surface area contributed by atoms with Crippen molar-refractivity contribution in [1.82, 2.24) is 29.0 Å². The third kappa shape index (κ3) is 4.24.